The third-order valence-corrected chi connectivity index (χ3v) is 3.19. The Hall–Kier alpha value is -1.56. The van der Waals surface area contributed by atoms with E-state index >= 15 is 0 Å². The second kappa shape index (κ2) is 5.86. The minimum Gasteiger partial charge on any atom is -0.396 e. The van der Waals surface area contributed by atoms with Crippen LogP contribution in [0.4, 0.5) is 5.69 Å². The van der Waals surface area contributed by atoms with Gasteiger partial charge in [-0.05, 0) is 13.3 Å². The number of hydrogen-bond donors (Lipinski definition) is 1. The van der Waals surface area contributed by atoms with E-state index in [0.29, 0.717) is 18.2 Å². The van der Waals surface area contributed by atoms with Crippen LogP contribution in [-0.4, -0.2) is 46.9 Å². The number of carbonyl (C=O) groups is 1. The van der Waals surface area contributed by atoms with Gasteiger partial charge in [-0.1, -0.05) is 0 Å². The van der Waals surface area contributed by atoms with E-state index in [9.17, 15) is 4.79 Å². The minimum absolute atomic E-state index is 0.0764. The van der Waals surface area contributed by atoms with Crippen molar-refractivity contribution in [1.82, 2.24) is 14.7 Å². The maximum atomic E-state index is 12.1. The Morgan fingerprint density at radius 1 is 1.72 bits per heavy atom. The summed E-state index contributed by atoms with van der Waals surface area (Å²) >= 11 is 0. The second-order valence-electron chi connectivity index (χ2n) is 4.63. The van der Waals surface area contributed by atoms with Crippen LogP contribution in [0, 0.1) is 5.92 Å². The van der Waals surface area contributed by atoms with Crippen molar-refractivity contribution in [2.45, 2.75) is 19.9 Å². The number of likely N-dealkylation sites (N-methyl/N-ethyl adjacent to an activating group) is 1. The molecular formula is C12H20N4O2. The molecule has 0 bridgehead atoms. The van der Waals surface area contributed by atoms with Gasteiger partial charge in [0, 0.05) is 31.8 Å². The van der Waals surface area contributed by atoms with Gasteiger partial charge in [0.05, 0.1) is 18.5 Å². The van der Waals surface area contributed by atoms with Crippen LogP contribution >= 0.6 is 0 Å². The molecule has 1 amide bonds. The lowest BCUT2D eigenvalue weighted by Crippen LogP contribution is -2.37. The van der Waals surface area contributed by atoms with Crippen LogP contribution in [0.15, 0.2) is 12.4 Å². The SMILES string of the molecule is CCN(CC1CCOC1)C(=O)Cn1cc(N)cn1. The van der Waals surface area contributed by atoms with Crippen molar-refractivity contribution >= 4 is 11.6 Å². The highest BCUT2D eigenvalue weighted by Crippen LogP contribution is 2.14. The Morgan fingerprint density at radius 3 is 3.11 bits per heavy atom. The summed E-state index contributed by atoms with van der Waals surface area (Å²) in [7, 11) is 0. The molecule has 2 heterocycles. The maximum Gasteiger partial charge on any atom is 0.244 e. The third-order valence-electron chi connectivity index (χ3n) is 3.19. The zero-order chi connectivity index (χ0) is 13.0. The average molecular weight is 252 g/mol. The molecule has 6 heteroatoms. The van der Waals surface area contributed by atoms with Crippen LogP contribution in [0.2, 0.25) is 0 Å². The quantitative estimate of drug-likeness (QED) is 0.820. The molecule has 1 atom stereocenters. The first-order valence-electron chi connectivity index (χ1n) is 6.32. The molecule has 2 N–H and O–H groups in total. The molecule has 1 saturated heterocycles. The zero-order valence-electron chi connectivity index (χ0n) is 10.7. The van der Waals surface area contributed by atoms with E-state index in [1.807, 2.05) is 11.8 Å². The summed E-state index contributed by atoms with van der Waals surface area (Å²) in [6, 6.07) is 0. The van der Waals surface area contributed by atoms with Crippen LogP contribution in [0.25, 0.3) is 0 Å². The highest BCUT2D eigenvalue weighted by molar-refractivity contribution is 5.76. The fraction of sp³-hybridized carbons (Fsp3) is 0.667. The Morgan fingerprint density at radius 2 is 2.56 bits per heavy atom. The van der Waals surface area contributed by atoms with Crippen LogP contribution in [0.5, 0.6) is 0 Å². The fourth-order valence-electron chi connectivity index (χ4n) is 2.15. The predicted molar refractivity (Wildman–Crippen MR) is 67.8 cm³/mol. The number of amides is 1. The highest BCUT2D eigenvalue weighted by Gasteiger charge is 2.21. The van der Waals surface area contributed by atoms with E-state index in [-0.39, 0.29) is 12.5 Å². The van der Waals surface area contributed by atoms with Crippen LogP contribution in [0.1, 0.15) is 13.3 Å². The molecule has 18 heavy (non-hydrogen) atoms. The number of nitrogens with two attached hydrogens (primary N) is 1. The lowest BCUT2D eigenvalue weighted by Gasteiger charge is -2.23. The number of anilines is 1. The van der Waals surface area contributed by atoms with Crippen LogP contribution in [-0.2, 0) is 16.1 Å². The summed E-state index contributed by atoms with van der Waals surface area (Å²) in [6.07, 6.45) is 4.26. The van der Waals surface area contributed by atoms with E-state index in [2.05, 4.69) is 5.10 Å². The number of hydrogen-bond acceptors (Lipinski definition) is 4. The third kappa shape index (κ3) is 3.22. The van der Waals surface area contributed by atoms with E-state index < -0.39 is 0 Å². The number of aromatic nitrogens is 2. The number of ether oxygens (including phenoxy) is 1. The van der Waals surface area contributed by atoms with Crippen molar-refractivity contribution in [1.29, 1.82) is 0 Å². The van der Waals surface area contributed by atoms with E-state index in [1.165, 1.54) is 0 Å². The van der Waals surface area contributed by atoms with Crippen molar-refractivity contribution in [2.75, 3.05) is 32.0 Å². The molecule has 1 aliphatic rings. The number of nitrogens with zero attached hydrogens (tertiary/aromatic N) is 3. The monoisotopic (exact) mass is 252 g/mol. The van der Waals surface area contributed by atoms with E-state index in [1.54, 1.807) is 17.1 Å². The molecule has 0 spiro atoms. The summed E-state index contributed by atoms with van der Waals surface area (Å²) in [6.45, 7) is 5.30. The number of carbonyl (C=O) groups excluding carboxylic acids is 1. The first-order chi connectivity index (χ1) is 8.69. The number of nitrogen functional groups attached to an aromatic ring is 1. The molecule has 0 saturated carbocycles. The van der Waals surface area contributed by atoms with Crippen LogP contribution < -0.4 is 5.73 Å². The Balaban J connectivity index is 1.88. The Kier molecular flexibility index (Phi) is 4.19. The Labute approximate surface area is 107 Å². The lowest BCUT2D eigenvalue weighted by atomic mass is 10.1. The first-order valence-corrected chi connectivity index (χ1v) is 6.32. The standard InChI is InChI=1S/C12H20N4O2/c1-2-15(6-10-3-4-18-9-10)12(17)8-16-7-11(13)5-14-16/h5,7,10H,2-4,6,8-9,13H2,1H3. The molecule has 100 valence electrons. The van der Waals surface area contributed by atoms with Gasteiger partial charge in [-0.15, -0.1) is 0 Å². The van der Waals surface area contributed by atoms with Crippen molar-refractivity contribution in [3.8, 4) is 0 Å². The molecule has 1 aromatic rings. The smallest absolute Gasteiger partial charge is 0.244 e. The van der Waals surface area contributed by atoms with Gasteiger partial charge in [0.15, 0.2) is 0 Å². The van der Waals surface area contributed by atoms with Gasteiger partial charge < -0.3 is 15.4 Å². The zero-order valence-corrected chi connectivity index (χ0v) is 10.7. The lowest BCUT2D eigenvalue weighted by molar-refractivity contribution is -0.132. The van der Waals surface area contributed by atoms with Gasteiger partial charge in [0.2, 0.25) is 5.91 Å². The second-order valence-corrected chi connectivity index (χ2v) is 4.63. The topological polar surface area (TPSA) is 73.4 Å². The maximum absolute atomic E-state index is 12.1. The predicted octanol–water partition coefficient (Wildman–Crippen LogP) is 0.350. The molecule has 6 nitrogen and oxygen atoms in total. The van der Waals surface area contributed by atoms with Gasteiger partial charge >= 0.3 is 0 Å². The number of rotatable bonds is 5. The average Bonchev–Trinajstić information content (AvgIpc) is 2.97. The summed E-state index contributed by atoms with van der Waals surface area (Å²) in [4.78, 5) is 14.0. The largest absolute Gasteiger partial charge is 0.396 e. The summed E-state index contributed by atoms with van der Waals surface area (Å²) in [5.41, 5.74) is 6.15. The minimum atomic E-state index is 0.0764. The molecule has 0 radical (unpaired) electrons. The van der Waals surface area contributed by atoms with Gasteiger partial charge in [0.1, 0.15) is 6.54 Å². The molecule has 1 unspecified atom stereocenters. The van der Waals surface area contributed by atoms with Gasteiger partial charge in [-0.2, -0.15) is 5.10 Å². The van der Waals surface area contributed by atoms with E-state index in [4.69, 9.17) is 10.5 Å². The molecule has 1 aromatic heterocycles. The highest BCUT2D eigenvalue weighted by atomic mass is 16.5. The Bertz CT molecular complexity index is 399. The van der Waals surface area contributed by atoms with Crippen LogP contribution in [0.3, 0.4) is 0 Å². The normalized spacial score (nSPS) is 19.1. The fourth-order valence-corrected chi connectivity index (χ4v) is 2.15. The summed E-state index contributed by atoms with van der Waals surface area (Å²) in [5.74, 6) is 0.545. The van der Waals surface area contributed by atoms with E-state index in [0.717, 1.165) is 26.2 Å². The summed E-state index contributed by atoms with van der Waals surface area (Å²) in [5, 5.41) is 4.02. The van der Waals surface area contributed by atoms with Crippen molar-refractivity contribution in [3.05, 3.63) is 12.4 Å². The molecule has 2 rings (SSSR count). The van der Waals surface area contributed by atoms with Crippen molar-refractivity contribution in [2.24, 2.45) is 5.92 Å². The van der Waals surface area contributed by atoms with Gasteiger partial charge in [-0.3, -0.25) is 9.48 Å². The first kappa shape index (κ1) is 12.9. The van der Waals surface area contributed by atoms with Crippen molar-refractivity contribution in [3.63, 3.8) is 0 Å². The molecule has 0 aromatic carbocycles. The molecule has 1 fully saturated rings. The summed E-state index contributed by atoms with van der Waals surface area (Å²) < 4.78 is 6.91. The van der Waals surface area contributed by atoms with Crippen molar-refractivity contribution < 1.29 is 9.53 Å². The van der Waals surface area contributed by atoms with Gasteiger partial charge in [-0.25, -0.2) is 0 Å². The molecular weight excluding hydrogens is 232 g/mol. The molecule has 1 aliphatic heterocycles. The molecule has 0 aliphatic carbocycles. The van der Waals surface area contributed by atoms with Gasteiger partial charge in [0.25, 0.3) is 0 Å².